The largest absolute Gasteiger partial charge is 0.382 e. The molecular formula is C6H12N4O. The minimum Gasteiger partial charge on any atom is -0.382 e. The zero-order valence-electron chi connectivity index (χ0n) is 6.66. The lowest BCUT2D eigenvalue weighted by molar-refractivity contribution is 0.182. The van der Waals surface area contributed by atoms with Gasteiger partial charge in [-0.3, -0.25) is 0 Å². The second-order valence-corrected chi connectivity index (χ2v) is 2.29. The Morgan fingerprint density at radius 3 is 2.64 bits per heavy atom. The number of aromatic nitrogens is 2. The van der Waals surface area contributed by atoms with E-state index in [0.29, 0.717) is 23.9 Å². The van der Waals surface area contributed by atoms with Gasteiger partial charge in [0.25, 0.3) is 0 Å². The minimum absolute atomic E-state index is 0.400. The second kappa shape index (κ2) is 2.79. The fraction of sp³-hybridized carbons (Fsp3) is 0.500. The molecule has 62 valence electrons. The lowest BCUT2D eigenvalue weighted by Gasteiger charge is -1.97. The summed E-state index contributed by atoms with van der Waals surface area (Å²) in [4.78, 5) is 4.09. The van der Waals surface area contributed by atoms with Gasteiger partial charge in [-0.1, -0.05) is 0 Å². The van der Waals surface area contributed by atoms with Gasteiger partial charge in [-0.2, -0.15) is 0 Å². The van der Waals surface area contributed by atoms with Crippen molar-refractivity contribution in [1.29, 1.82) is 0 Å². The highest BCUT2D eigenvalue weighted by molar-refractivity contribution is 5.37. The molecule has 1 rings (SSSR count). The Balaban J connectivity index is 2.98. The van der Waals surface area contributed by atoms with E-state index in [2.05, 4.69) is 4.98 Å². The van der Waals surface area contributed by atoms with Crippen LogP contribution in [0.15, 0.2) is 0 Å². The number of nitrogens with zero attached hydrogens (tertiary/aromatic N) is 2. The lowest BCUT2D eigenvalue weighted by Crippen LogP contribution is -2.13. The maximum atomic E-state index is 5.58. The molecule has 0 aliphatic carbocycles. The summed E-state index contributed by atoms with van der Waals surface area (Å²) in [5.41, 5.74) is 6.27. The quantitative estimate of drug-likeness (QED) is 0.573. The first-order valence-electron chi connectivity index (χ1n) is 3.24. The van der Waals surface area contributed by atoms with E-state index >= 15 is 0 Å². The standard InChI is InChI=1S/C6H12N4O/c1-4-9-5(3-11-2)6(7)10(4)8/h3,7-8H2,1-2H3. The van der Waals surface area contributed by atoms with Crippen LogP contribution in [0.2, 0.25) is 0 Å². The number of nitrogens with two attached hydrogens (primary N) is 2. The first-order chi connectivity index (χ1) is 5.16. The van der Waals surface area contributed by atoms with Crippen molar-refractivity contribution >= 4 is 5.82 Å². The summed E-state index contributed by atoms with van der Waals surface area (Å²) in [6, 6.07) is 0. The van der Waals surface area contributed by atoms with Gasteiger partial charge < -0.3 is 16.3 Å². The molecular weight excluding hydrogens is 144 g/mol. The molecule has 1 aromatic rings. The Kier molecular flexibility index (Phi) is 2.00. The molecule has 0 spiro atoms. The molecule has 0 amide bonds. The summed E-state index contributed by atoms with van der Waals surface area (Å²) in [6.45, 7) is 2.19. The average molecular weight is 156 g/mol. The average Bonchev–Trinajstić information content (AvgIpc) is 2.19. The van der Waals surface area contributed by atoms with Gasteiger partial charge in [-0.15, -0.1) is 0 Å². The van der Waals surface area contributed by atoms with E-state index < -0.39 is 0 Å². The number of methoxy groups -OCH3 is 1. The maximum absolute atomic E-state index is 5.58. The Bertz CT molecular complexity index is 255. The molecule has 0 saturated carbocycles. The predicted molar refractivity (Wildman–Crippen MR) is 42.2 cm³/mol. The number of hydrogen-bond acceptors (Lipinski definition) is 4. The molecule has 1 aromatic heterocycles. The predicted octanol–water partition coefficient (Wildman–Crippen LogP) is -0.366. The first-order valence-corrected chi connectivity index (χ1v) is 3.24. The van der Waals surface area contributed by atoms with Crippen molar-refractivity contribution in [2.45, 2.75) is 13.5 Å². The SMILES string of the molecule is COCc1nc(C)n(N)c1N. The van der Waals surface area contributed by atoms with Crippen LogP contribution in [0.4, 0.5) is 5.82 Å². The highest BCUT2D eigenvalue weighted by atomic mass is 16.5. The summed E-state index contributed by atoms with van der Waals surface area (Å²) >= 11 is 0. The number of imidazole rings is 1. The summed E-state index contributed by atoms with van der Waals surface area (Å²) in [6.07, 6.45) is 0. The van der Waals surface area contributed by atoms with Gasteiger partial charge in [0, 0.05) is 7.11 Å². The summed E-state index contributed by atoms with van der Waals surface area (Å²) < 4.78 is 6.21. The Morgan fingerprint density at radius 1 is 1.64 bits per heavy atom. The van der Waals surface area contributed by atoms with Gasteiger partial charge in [-0.25, -0.2) is 9.66 Å². The van der Waals surface area contributed by atoms with E-state index in [0.717, 1.165) is 0 Å². The smallest absolute Gasteiger partial charge is 0.148 e. The molecule has 0 aromatic carbocycles. The van der Waals surface area contributed by atoms with Crippen LogP contribution in [0.25, 0.3) is 0 Å². The van der Waals surface area contributed by atoms with Gasteiger partial charge in [0.05, 0.1) is 6.61 Å². The van der Waals surface area contributed by atoms with Crippen molar-refractivity contribution in [2.24, 2.45) is 0 Å². The molecule has 5 heteroatoms. The fourth-order valence-corrected chi connectivity index (χ4v) is 0.863. The van der Waals surface area contributed by atoms with Crippen LogP contribution in [0.3, 0.4) is 0 Å². The van der Waals surface area contributed by atoms with Crippen LogP contribution in [0.1, 0.15) is 11.5 Å². The molecule has 5 nitrogen and oxygen atoms in total. The van der Waals surface area contributed by atoms with Crippen LogP contribution >= 0.6 is 0 Å². The summed E-state index contributed by atoms with van der Waals surface area (Å²) in [7, 11) is 1.59. The molecule has 0 aliphatic heterocycles. The van der Waals surface area contributed by atoms with E-state index in [1.54, 1.807) is 14.0 Å². The number of nitrogen functional groups attached to an aromatic ring is 2. The first kappa shape index (κ1) is 7.87. The fourth-order valence-electron chi connectivity index (χ4n) is 0.863. The molecule has 0 atom stereocenters. The molecule has 4 N–H and O–H groups in total. The van der Waals surface area contributed by atoms with Gasteiger partial charge in [0.15, 0.2) is 0 Å². The van der Waals surface area contributed by atoms with E-state index in [1.807, 2.05) is 0 Å². The molecule has 1 heterocycles. The minimum atomic E-state index is 0.400. The van der Waals surface area contributed by atoms with Gasteiger partial charge in [0.1, 0.15) is 17.3 Å². The van der Waals surface area contributed by atoms with Crippen LogP contribution in [-0.4, -0.2) is 16.8 Å². The van der Waals surface area contributed by atoms with E-state index in [4.69, 9.17) is 16.3 Å². The van der Waals surface area contributed by atoms with Gasteiger partial charge in [-0.05, 0) is 6.92 Å². The number of anilines is 1. The van der Waals surface area contributed by atoms with Crippen LogP contribution in [0, 0.1) is 6.92 Å². The topological polar surface area (TPSA) is 79.1 Å². The van der Waals surface area contributed by atoms with Crippen molar-refractivity contribution in [3.05, 3.63) is 11.5 Å². The lowest BCUT2D eigenvalue weighted by atomic mass is 10.5. The third-order valence-electron chi connectivity index (χ3n) is 1.48. The molecule has 0 saturated heterocycles. The van der Waals surface area contributed by atoms with E-state index in [1.165, 1.54) is 4.68 Å². The third-order valence-corrected chi connectivity index (χ3v) is 1.48. The van der Waals surface area contributed by atoms with Gasteiger partial charge >= 0.3 is 0 Å². The molecule has 0 radical (unpaired) electrons. The number of aryl methyl sites for hydroxylation is 1. The number of rotatable bonds is 2. The Labute approximate surface area is 64.9 Å². The van der Waals surface area contributed by atoms with E-state index in [9.17, 15) is 0 Å². The third kappa shape index (κ3) is 1.27. The van der Waals surface area contributed by atoms with Crippen LogP contribution < -0.4 is 11.6 Å². The molecule has 0 aliphatic rings. The molecule has 0 bridgehead atoms. The van der Waals surface area contributed by atoms with E-state index in [-0.39, 0.29) is 0 Å². The van der Waals surface area contributed by atoms with Crippen molar-refractivity contribution in [1.82, 2.24) is 9.66 Å². The zero-order chi connectivity index (χ0) is 8.43. The van der Waals surface area contributed by atoms with Crippen molar-refractivity contribution < 1.29 is 4.74 Å². The molecule has 11 heavy (non-hydrogen) atoms. The number of ether oxygens (including phenoxy) is 1. The van der Waals surface area contributed by atoms with Crippen LogP contribution in [-0.2, 0) is 11.3 Å². The maximum Gasteiger partial charge on any atom is 0.148 e. The van der Waals surface area contributed by atoms with Crippen LogP contribution in [0.5, 0.6) is 0 Å². The Morgan fingerprint density at radius 2 is 2.27 bits per heavy atom. The Hall–Kier alpha value is -1.23. The van der Waals surface area contributed by atoms with Crippen molar-refractivity contribution in [3.8, 4) is 0 Å². The van der Waals surface area contributed by atoms with Crippen molar-refractivity contribution in [2.75, 3.05) is 18.7 Å². The summed E-state index contributed by atoms with van der Waals surface area (Å²) in [5.74, 6) is 6.66. The zero-order valence-corrected chi connectivity index (χ0v) is 6.66. The molecule has 0 unspecified atom stereocenters. The summed E-state index contributed by atoms with van der Waals surface area (Å²) in [5, 5.41) is 0. The highest BCUT2D eigenvalue weighted by Crippen LogP contribution is 2.10. The monoisotopic (exact) mass is 156 g/mol. The van der Waals surface area contributed by atoms with Crippen molar-refractivity contribution in [3.63, 3.8) is 0 Å². The second-order valence-electron chi connectivity index (χ2n) is 2.29. The number of hydrogen-bond donors (Lipinski definition) is 2. The van der Waals surface area contributed by atoms with Gasteiger partial charge in [0.2, 0.25) is 0 Å². The highest BCUT2D eigenvalue weighted by Gasteiger charge is 2.07. The normalized spacial score (nSPS) is 10.4. The molecule has 0 fully saturated rings.